The van der Waals surface area contributed by atoms with Gasteiger partial charge in [0, 0.05) is 31.5 Å². The van der Waals surface area contributed by atoms with Crippen molar-refractivity contribution < 1.29 is 14.8 Å². The summed E-state index contributed by atoms with van der Waals surface area (Å²) in [5, 5.41) is 3.49. The highest BCUT2D eigenvalue weighted by atomic mass is 35.5. The first-order chi connectivity index (χ1) is 10.1. The van der Waals surface area contributed by atoms with E-state index in [0.29, 0.717) is 22.7 Å². The van der Waals surface area contributed by atoms with Crippen LogP contribution in [0.3, 0.4) is 0 Å². The minimum atomic E-state index is -0.194. The quantitative estimate of drug-likeness (QED) is 0.921. The zero-order valence-corrected chi connectivity index (χ0v) is 13.7. The van der Waals surface area contributed by atoms with Crippen LogP contribution in [0.15, 0.2) is 18.2 Å². The molecule has 1 fully saturated rings. The van der Waals surface area contributed by atoms with Gasteiger partial charge in [-0.25, -0.2) is 4.79 Å². The monoisotopic (exact) mass is 331 g/mol. The second-order valence-electron chi connectivity index (χ2n) is 5.21. The number of carbonyl (C=O) groups excluding carboxylic acids is 1. The van der Waals surface area contributed by atoms with Crippen LogP contribution in [0.25, 0.3) is 0 Å². The van der Waals surface area contributed by atoms with Gasteiger partial charge in [-0.05, 0) is 19.1 Å². The van der Waals surface area contributed by atoms with E-state index in [1.165, 1.54) is 0 Å². The molecule has 0 saturated carbocycles. The van der Waals surface area contributed by atoms with Crippen LogP contribution in [0.1, 0.15) is 25.3 Å². The van der Waals surface area contributed by atoms with Crippen LogP contribution in [-0.4, -0.2) is 36.7 Å². The maximum Gasteiger partial charge on any atom is 0.409 e. The summed E-state index contributed by atoms with van der Waals surface area (Å²) in [5.41, 5.74) is 1.16. The maximum absolute atomic E-state index is 11.6. The van der Waals surface area contributed by atoms with E-state index >= 15 is 0 Å². The highest BCUT2D eigenvalue weighted by Crippen LogP contribution is 2.22. The molecule has 1 saturated heterocycles. The number of hydrogen-bond acceptors (Lipinski definition) is 2. The molecule has 0 radical (unpaired) electrons. The summed E-state index contributed by atoms with van der Waals surface area (Å²) in [5.74, 6) is 0. The Hall–Kier alpha value is -0.970. The lowest BCUT2D eigenvalue weighted by Crippen LogP contribution is -2.89. The third-order valence-corrected chi connectivity index (χ3v) is 4.48. The Balaban J connectivity index is 1.76. The smallest absolute Gasteiger partial charge is 0.409 e. The number of carbonyl (C=O) groups is 1. The van der Waals surface area contributed by atoms with Gasteiger partial charge in [-0.1, -0.05) is 29.3 Å². The average Bonchev–Trinajstić information content (AvgIpc) is 2.49. The molecule has 0 atom stereocenters. The predicted molar refractivity (Wildman–Crippen MR) is 83.7 cm³/mol. The first-order valence-corrected chi connectivity index (χ1v) is 8.04. The van der Waals surface area contributed by atoms with Gasteiger partial charge in [0.2, 0.25) is 0 Å². The molecular formula is C15H21Cl2N2O2+. The molecule has 0 aromatic heterocycles. The van der Waals surface area contributed by atoms with Crippen LogP contribution in [0, 0.1) is 0 Å². The van der Waals surface area contributed by atoms with Crippen molar-refractivity contribution in [2.75, 3.05) is 19.7 Å². The molecule has 6 heteroatoms. The Bertz CT molecular complexity index is 489. The fourth-order valence-corrected chi connectivity index (χ4v) is 2.82. The molecule has 1 aliphatic heterocycles. The van der Waals surface area contributed by atoms with Crippen molar-refractivity contribution in [3.05, 3.63) is 33.8 Å². The van der Waals surface area contributed by atoms with Crippen LogP contribution in [0.4, 0.5) is 4.79 Å². The highest BCUT2D eigenvalue weighted by molar-refractivity contribution is 6.42. The second-order valence-corrected chi connectivity index (χ2v) is 6.03. The normalized spacial score (nSPS) is 16.0. The topological polar surface area (TPSA) is 46.1 Å². The molecule has 0 unspecified atom stereocenters. The van der Waals surface area contributed by atoms with E-state index in [4.69, 9.17) is 27.9 Å². The van der Waals surface area contributed by atoms with Crippen LogP contribution in [0.5, 0.6) is 0 Å². The molecule has 0 spiro atoms. The number of quaternary nitrogens is 1. The van der Waals surface area contributed by atoms with Gasteiger partial charge in [0.25, 0.3) is 0 Å². The number of nitrogens with two attached hydrogens (primary N) is 1. The van der Waals surface area contributed by atoms with Crippen molar-refractivity contribution in [1.82, 2.24) is 4.90 Å². The van der Waals surface area contributed by atoms with Crippen molar-refractivity contribution in [2.45, 2.75) is 32.4 Å². The third-order valence-electron chi connectivity index (χ3n) is 3.74. The van der Waals surface area contributed by atoms with E-state index in [2.05, 4.69) is 5.32 Å². The SMILES string of the molecule is CCOC(=O)N1CCC([NH2+]Cc2ccc(Cl)c(Cl)c2)CC1. The van der Waals surface area contributed by atoms with Gasteiger partial charge in [-0.2, -0.15) is 0 Å². The Labute approximate surface area is 135 Å². The minimum Gasteiger partial charge on any atom is -0.450 e. The minimum absolute atomic E-state index is 0.194. The fourth-order valence-electron chi connectivity index (χ4n) is 2.50. The van der Waals surface area contributed by atoms with Crippen LogP contribution < -0.4 is 5.32 Å². The molecule has 2 rings (SSSR count). The van der Waals surface area contributed by atoms with E-state index in [9.17, 15) is 4.79 Å². The van der Waals surface area contributed by atoms with Gasteiger partial charge in [-0.15, -0.1) is 0 Å². The van der Waals surface area contributed by atoms with Gasteiger partial charge >= 0.3 is 6.09 Å². The Morgan fingerprint density at radius 1 is 1.33 bits per heavy atom. The van der Waals surface area contributed by atoms with Gasteiger partial charge in [0.1, 0.15) is 6.54 Å². The van der Waals surface area contributed by atoms with E-state index in [-0.39, 0.29) is 6.09 Å². The number of amides is 1. The molecule has 1 aromatic carbocycles. The molecular weight excluding hydrogens is 311 g/mol. The van der Waals surface area contributed by atoms with Gasteiger partial charge in [0.15, 0.2) is 0 Å². The standard InChI is InChI=1S/C15H20Cl2N2O2/c1-2-21-15(20)19-7-5-12(6-8-19)18-10-11-3-4-13(16)14(17)9-11/h3-4,9,12,18H,2,5-8,10H2,1H3/p+1. The van der Waals surface area contributed by atoms with Crippen LogP contribution in [-0.2, 0) is 11.3 Å². The van der Waals surface area contributed by atoms with Crippen molar-refractivity contribution in [2.24, 2.45) is 0 Å². The zero-order chi connectivity index (χ0) is 15.2. The summed E-state index contributed by atoms with van der Waals surface area (Å²) in [6, 6.07) is 6.27. The number of benzene rings is 1. The molecule has 0 bridgehead atoms. The van der Waals surface area contributed by atoms with Crippen molar-refractivity contribution in [1.29, 1.82) is 0 Å². The number of rotatable bonds is 4. The summed E-state index contributed by atoms with van der Waals surface area (Å²) in [7, 11) is 0. The Morgan fingerprint density at radius 2 is 2.05 bits per heavy atom. The van der Waals surface area contributed by atoms with Gasteiger partial charge in [-0.3, -0.25) is 0 Å². The summed E-state index contributed by atoms with van der Waals surface area (Å²) in [6.07, 6.45) is 1.78. The molecule has 1 aromatic rings. The molecule has 1 heterocycles. The predicted octanol–water partition coefficient (Wildman–Crippen LogP) is 2.68. The summed E-state index contributed by atoms with van der Waals surface area (Å²) in [6.45, 7) is 4.67. The largest absolute Gasteiger partial charge is 0.450 e. The Kier molecular flexibility index (Phi) is 6.15. The van der Waals surface area contributed by atoms with E-state index in [1.807, 2.05) is 25.1 Å². The zero-order valence-electron chi connectivity index (χ0n) is 12.1. The molecule has 116 valence electrons. The second kappa shape index (κ2) is 7.87. The average molecular weight is 332 g/mol. The number of likely N-dealkylation sites (tertiary alicyclic amines) is 1. The molecule has 1 amide bonds. The summed E-state index contributed by atoms with van der Waals surface area (Å²) < 4.78 is 5.02. The first kappa shape index (κ1) is 16.4. The molecule has 2 N–H and O–H groups in total. The number of piperidine rings is 1. The van der Waals surface area contributed by atoms with Crippen LogP contribution in [0.2, 0.25) is 10.0 Å². The number of nitrogens with zero attached hydrogens (tertiary/aromatic N) is 1. The number of ether oxygens (including phenoxy) is 1. The van der Waals surface area contributed by atoms with Crippen LogP contribution >= 0.6 is 23.2 Å². The summed E-state index contributed by atoms with van der Waals surface area (Å²) in [4.78, 5) is 13.4. The maximum atomic E-state index is 11.6. The lowest BCUT2D eigenvalue weighted by atomic mass is 10.0. The lowest BCUT2D eigenvalue weighted by Gasteiger charge is -2.29. The first-order valence-electron chi connectivity index (χ1n) is 7.29. The van der Waals surface area contributed by atoms with Crippen molar-refractivity contribution in [3.63, 3.8) is 0 Å². The Morgan fingerprint density at radius 3 is 2.67 bits per heavy atom. The van der Waals surface area contributed by atoms with Gasteiger partial charge < -0.3 is 15.0 Å². The molecule has 4 nitrogen and oxygen atoms in total. The van der Waals surface area contributed by atoms with E-state index < -0.39 is 0 Å². The molecule has 0 aliphatic carbocycles. The number of hydrogen-bond donors (Lipinski definition) is 1. The highest BCUT2D eigenvalue weighted by Gasteiger charge is 2.25. The van der Waals surface area contributed by atoms with E-state index in [1.54, 1.807) is 4.90 Å². The fraction of sp³-hybridized carbons (Fsp3) is 0.533. The number of halogens is 2. The third kappa shape index (κ3) is 4.77. The van der Waals surface area contributed by atoms with Crippen molar-refractivity contribution >= 4 is 29.3 Å². The van der Waals surface area contributed by atoms with Crippen molar-refractivity contribution in [3.8, 4) is 0 Å². The van der Waals surface area contributed by atoms with E-state index in [0.717, 1.165) is 38.0 Å². The van der Waals surface area contributed by atoms with Gasteiger partial charge in [0.05, 0.1) is 22.7 Å². The molecule has 21 heavy (non-hydrogen) atoms. The molecule has 1 aliphatic rings. The lowest BCUT2D eigenvalue weighted by molar-refractivity contribution is -0.706. The summed E-state index contributed by atoms with van der Waals surface area (Å²) >= 11 is 11.9.